The molecule has 6 heteroatoms. The molecule has 0 unspecified atom stereocenters. The average Bonchev–Trinajstić information content (AvgIpc) is 3.00. The van der Waals surface area contributed by atoms with Crippen molar-refractivity contribution >= 4 is 18.0 Å². The van der Waals surface area contributed by atoms with E-state index < -0.39 is 17.5 Å². The van der Waals surface area contributed by atoms with Crippen molar-refractivity contribution in [2.24, 2.45) is 0 Å². The van der Waals surface area contributed by atoms with Crippen LogP contribution in [-0.4, -0.2) is 33.8 Å². The Morgan fingerprint density at radius 1 is 1.19 bits per heavy atom. The van der Waals surface area contributed by atoms with Crippen molar-refractivity contribution in [3.63, 3.8) is 0 Å². The highest BCUT2D eigenvalue weighted by Crippen LogP contribution is 2.15. The van der Waals surface area contributed by atoms with Crippen molar-refractivity contribution in [2.75, 3.05) is 6.61 Å². The molecule has 1 heterocycles. The molecule has 2 rings (SSSR count). The lowest BCUT2D eigenvalue weighted by atomic mass is 10.2. The van der Waals surface area contributed by atoms with Crippen molar-refractivity contribution in [2.45, 2.75) is 32.9 Å². The van der Waals surface area contributed by atoms with E-state index in [1.54, 1.807) is 55.8 Å². The third-order valence-electron chi connectivity index (χ3n) is 3.30. The average molecular weight is 357 g/mol. The van der Waals surface area contributed by atoms with Gasteiger partial charge in [0.05, 0.1) is 0 Å². The minimum Gasteiger partial charge on any atom is -0.482 e. The Hall–Kier alpha value is -3.02. The quantitative estimate of drug-likeness (QED) is 0.766. The van der Waals surface area contributed by atoms with Gasteiger partial charge in [-0.3, -0.25) is 0 Å². The summed E-state index contributed by atoms with van der Waals surface area (Å²) < 4.78 is 12.3. The third-order valence-corrected chi connectivity index (χ3v) is 3.30. The van der Waals surface area contributed by atoms with Gasteiger partial charge in [0.25, 0.3) is 0 Å². The van der Waals surface area contributed by atoms with Gasteiger partial charge in [0.2, 0.25) is 0 Å². The Labute approximate surface area is 152 Å². The monoisotopic (exact) mass is 357 g/mol. The summed E-state index contributed by atoms with van der Waals surface area (Å²) in [6.07, 6.45) is 5.44. The molecule has 0 bridgehead atoms. The number of allylic oxidation sites excluding steroid dienone is 1. The number of benzene rings is 1. The summed E-state index contributed by atoms with van der Waals surface area (Å²) in [6.45, 7) is 5.69. The predicted molar refractivity (Wildman–Crippen MR) is 98.2 cm³/mol. The van der Waals surface area contributed by atoms with Crippen molar-refractivity contribution in [3.05, 3.63) is 59.9 Å². The lowest BCUT2D eigenvalue weighted by Gasteiger charge is -2.19. The molecule has 0 aliphatic rings. The predicted octanol–water partition coefficient (Wildman–Crippen LogP) is 3.62. The van der Waals surface area contributed by atoms with Gasteiger partial charge in [0.15, 0.2) is 6.61 Å². The molecule has 1 N–H and O–H groups in total. The third kappa shape index (κ3) is 6.12. The highest BCUT2D eigenvalue weighted by atomic mass is 16.6. The topological polar surface area (TPSA) is 77.8 Å². The number of aromatic carboxylic acids is 1. The maximum Gasteiger partial charge on any atom is 0.352 e. The second kappa shape index (κ2) is 8.38. The van der Waals surface area contributed by atoms with E-state index in [1.165, 1.54) is 0 Å². The number of carbonyl (C=O) groups is 2. The maximum atomic E-state index is 11.7. The molecule has 0 saturated carbocycles. The molecule has 2 aromatic rings. The van der Waals surface area contributed by atoms with Gasteiger partial charge in [-0.05, 0) is 50.6 Å². The first-order valence-electron chi connectivity index (χ1n) is 8.24. The fourth-order valence-electron chi connectivity index (χ4n) is 2.29. The summed E-state index contributed by atoms with van der Waals surface area (Å²) >= 11 is 0. The first-order chi connectivity index (χ1) is 12.2. The molecule has 0 saturated heterocycles. The van der Waals surface area contributed by atoms with E-state index >= 15 is 0 Å². The number of ether oxygens (including phenoxy) is 2. The van der Waals surface area contributed by atoms with E-state index in [1.807, 2.05) is 24.3 Å². The van der Waals surface area contributed by atoms with Gasteiger partial charge >= 0.3 is 11.9 Å². The molecule has 26 heavy (non-hydrogen) atoms. The number of hydrogen-bond acceptors (Lipinski definition) is 4. The molecule has 1 aromatic heterocycles. The Morgan fingerprint density at radius 3 is 2.65 bits per heavy atom. The number of hydrogen-bond donors (Lipinski definition) is 1. The number of carbonyl (C=O) groups excluding carboxylic acids is 1. The van der Waals surface area contributed by atoms with Crippen LogP contribution < -0.4 is 4.74 Å². The second-order valence-electron chi connectivity index (χ2n) is 6.70. The molecule has 0 amide bonds. The lowest BCUT2D eigenvalue weighted by molar-refractivity contribution is -0.157. The fraction of sp³-hybridized carbons (Fsp3) is 0.300. The number of nitrogens with zero attached hydrogens (tertiary/aromatic N) is 1. The zero-order valence-corrected chi connectivity index (χ0v) is 15.1. The summed E-state index contributed by atoms with van der Waals surface area (Å²) in [6, 6.07) is 10.5. The molecule has 0 spiro atoms. The van der Waals surface area contributed by atoms with Crippen molar-refractivity contribution in [3.8, 4) is 5.75 Å². The molecule has 0 atom stereocenters. The number of rotatable bonds is 7. The van der Waals surface area contributed by atoms with Crippen LogP contribution in [0.15, 0.2) is 48.7 Å². The molecule has 6 nitrogen and oxygen atoms in total. The zero-order valence-electron chi connectivity index (χ0n) is 15.1. The highest BCUT2D eigenvalue weighted by molar-refractivity contribution is 5.85. The van der Waals surface area contributed by atoms with Crippen LogP contribution in [0.2, 0.25) is 0 Å². The Balaban J connectivity index is 1.93. The van der Waals surface area contributed by atoms with Gasteiger partial charge in [0.1, 0.15) is 17.0 Å². The minimum absolute atomic E-state index is 0.157. The van der Waals surface area contributed by atoms with Crippen molar-refractivity contribution in [1.82, 2.24) is 4.57 Å². The first-order valence-corrected chi connectivity index (χ1v) is 8.24. The van der Waals surface area contributed by atoms with E-state index in [9.17, 15) is 9.59 Å². The van der Waals surface area contributed by atoms with E-state index in [-0.39, 0.29) is 12.3 Å². The van der Waals surface area contributed by atoms with Crippen LogP contribution in [0, 0.1) is 0 Å². The zero-order chi connectivity index (χ0) is 19.2. The largest absolute Gasteiger partial charge is 0.482 e. The Kier molecular flexibility index (Phi) is 6.22. The smallest absolute Gasteiger partial charge is 0.352 e. The normalized spacial score (nSPS) is 11.5. The second-order valence-corrected chi connectivity index (χ2v) is 6.70. The summed E-state index contributed by atoms with van der Waals surface area (Å²) in [7, 11) is 0. The van der Waals surface area contributed by atoms with Gasteiger partial charge in [-0.1, -0.05) is 24.3 Å². The van der Waals surface area contributed by atoms with Gasteiger partial charge in [0, 0.05) is 12.7 Å². The Morgan fingerprint density at radius 2 is 1.96 bits per heavy atom. The molecule has 0 fully saturated rings. The molecule has 0 radical (unpaired) electrons. The Bertz CT molecular complexity index is 799. The minimum atomic E-state index is -0.957. The van der Waals surface area contributed by atoms with Gasteiger partial charge in [-0.15, -0.1) is 0 Å². The van der Waals surface area contributed by atoms with Crippen LogP contribution in [0.1, 0.15) is 36.8 Å². The van der Waals surface area contributed by atoms with Crippen LogP contribution in [0.5, 0.6) is 5.75 Å². The van der Waals surface area contributed by atoms with Crippen molar-refractivity contribution in [1.29, 1.82) is 0 Å². The molecule has 0 aliphatic carbocycles. The van der Waals surface area contributed by atoms with Crippen LogP contribution in [0.25, 0.3) is 6.08 Å². The number of carboxylic acids is 1. The van der Waals surface area contributed by atoms with Crippen LogP contribution in [0.4, 0.5) is 0 Å². The summed E-state index contributed by atoms with van der Waals surface area (Å²) in [5.41, 5.74) is 0.581. The molecule has 1 aromatic carbocycles. The summed E-state index contributed by atoms with van der Waals surface area (Å²) in [5, 5.41) is 9.08. The fourth-order valence-corrected chi connectivity index (χ4v) is 2.29. The van der Waals surface area contributed by atoms with Crippen LogP contribution >= 0.6 is 0 Å². The first kappa shape index (κ1) is 19.3. The number of esters is 1. The number of aromatic nitrogens is 1. The van der Waals surface area contributed by atoms with Gasteiger partial charge in [-0.2, -0.15) is 0 Å². The van der Waals surface area contributed by atoms with Gasteiger partial charge in [-0.25, -0.2) is 9.59 Å². The van der Waals surface area contributed by atoms with Gasteiger partial charge < -0.3 is 19.1 Å². The SMILES string of the molecule is CC(C)(C)OC(=O)COc1cccc(/C=C/Cn2cccc2C(=O)O)c1. The molecule has 0 aliphatic heterocycles. The summed E-state index contributed by atoms with van der Waals surface area (Å²) in [5.74, 6) is -0.821. The maximum absolute atomic E-state index is 11.7. The number of carboxylic acid groups (broad SMARTS) is 1. The van der Waals surface area contributed by atoms with Crippen LogP contribution in [-0.2, 0) is 16.1 Å². The van der Waals surface area contributed by atoms with E-state index in [2.05, 4.69) is 0 Å². The molecular weight excluding hydrogens is 334 g/mol. The van der Waals surface area contributed by atoms with E-state index in [0.29, 0.717) is 12.3 Å². The van der Waals surface area contributed by atoms with E-state index in [0.717, 1.165) is 5.56 Å². The summed E-state index contributed by atoms with van der Waals surface area (Å²) in [4.78, 5) is 22.8. The van der Waals surface area contributed by atoms with E-state index in [4.69, 9.17) is 14.6 Å². The lowest BCUT2D eigenvalue weighted by Crippen LogP contribution is -2.27. The molecular formula is C20H23NO5. The highest BCUT2D eigenvalue weighted by Gasteiger charge is 2.16. The standard InChI is InChI=1S/C20H23NO5/c1-20(2,3)26-18(22)14-25-16-9-4-7-15(13-16)8-5-11-21-12-6-10-17(21)19(23)24/h4-10,12-13H,11,14H2,1-3H3,(H,23,24)/b8-5+. The van der Waals surface area contributed by atoms with Crippen molar-refractivity contribution < 1.29 is 24.2 Å². The van der Waals surface area contributed by atoms with Crippen LogP contribution in [0.3, 0.4) is 0 Å². The molecule has 138 valence electrons.